The molecule has 3 rings (SSSR count). The number of hydrogen-bond acceptors (Lipinski definition) is 5. The number of rotatable bonds is 3. The monoisotopic (exact) mass is 286 g/mol. The fourth-order valence-electron chi connectivity index (χ4n) is 2.91. The third-order valence-electron chi connectivity index (χ3n) is 4.11. The number of β-amino-alcohol motifs (C(OH)–C–C–N with tert-alkyl or cyclic N) is 1. The summed E-state index contributed by atoms with van der Waals surface area (Å²) < 4.78 is 0. The Morgan fingerprint density at radius 1 is 1.48 bits per heavy atom. The van der Waals surface area contributed by atoms with E-state index in [0.29, 0.717) is 12.5 Å². The fraction of sp³-hybridized carbons (Fsp3) is 0.500. The molecule has 0 bridgehead atoms. The van der Waals surface area contributed by atoms with Crippen molar-refractivity contribution in [2.45, 2.75) is 31.9 Å². The van der Waals surface area contributed by atoms with Gasteiger partial charge in [0.2, 0.25) is 0 Å². The van der Waals surface area contributed by atoms with Crippen molar-refractivity contribution < 1.29 is 5.11 Å². The maximum absolute atomic E-state index is 9.61. The van der Waals surface area contributed by atoms with Crippen LogP contribution in [0.2, 0.25) is 0 Å². The molecule has 5 nitrogen and oxygen atoms in total. The summed E-state index contributed by atoms with van der Waals surface area (Å²) >= 11 is 0. The first kappa shape index (κ1) is 14.2. The van der Waals surface area contributed by atoms with Crippen molar-refractivity contribution in [3.63, 3.8) is 0 Å². The van der Waals surface area contributed by atoms with Crippen LogP contribution in [-0.2, 0) is 0 Å². The maximum atomic E-state index is 9.61. The minimum Gasteiger partial charge on any atom is -0.392 e. The SMILES string of the molecule is CC1CC=NN(CC2CC(O)CN2)C=C1c1cccnc1. The van der Waals surface area contributed by atoms with E-state index < -0.39 is 0 Å². The lowest BCUT2D eigenvalue weighted by Gasteiger charge is -2.20. The highest BCUT2D eigenvalue weighted by Gasteiger charge is 2.24. The number of nitrogens with zero attached hydrogens (tertiary/aromatic N) is 3. The van der Waals surface area contributed by atoms with Crippen LogP contribution in [0.5, 0.6) is 0 Å². The van der Waals surface area contributed by atoms with Crippen LogP contribution in [0.4, 0.5) is 0 Å². The first-order valence-corrected chi connectivity index (χ1v) is 7.55. The van der Waals surface area contributed by atoms with Crippen molar-refractivity contribution in [2.75, 3.05) is 13.1 Å². The number of allylic oxidation sites excluding steroid dienone is 1. The van der Waals surface area contributed by atoms with Gasteiger partial charge in [0.15, 0.2) is 0 Å². The highest BCUT2D eigenvalue weighted by Crippen LogP contribution is 2.27. The van der Waals surface area contributed by atoms with Gasteiger partial charge in [0.25, 0.3) is 0 Å². The highest BCUT2D eigenvalue weighted by atomic mass is 16.3. The number of hydrogen-bond donors (Lipinski definition) is 2. The van der Waals surface area contributed by atoms with E-state index in [0.717, 1.165) is 24.9 Å². The molecule has 2 aliphatic heterocycles. The molecule has 0 amide bonds. The zero-order valence-corrected chi connectivity index (χ0v) is 12.3. The van der Waals surface area contributed by atoms with Crippen LogP contribution in [0.25, 0.3) is 5.57 Å². The largest absolute Gasteiger partial charge is 0.392 e. The number of aromatic nitrogens is 1. The molecular formula is C16H22N4O. The molecule has 1 fully saturated rings. The Labute approximate surface area is 125 Å². The van der Waals surface area contributed by atoms with Gasteiger partial charge in [-0.1, -0.05) is 13.0 Å². The summed E-state index contributed by atoms with van der Waals surface area (Å²) in [6.07, 6.45) is 9.29. The van der Waals surface area contributed by atoms with E-state index >= 15 is 0 Å². The molecule has 0 saturated carbocycles. The van der Waals surface area contributed by atoms with E-state index in [2.05, 4.69) is 34.6 Å². The third-order valence-corrected chi connectivity index (χ3v) is 4.11. The van der Waals surface area contributed by atoms with Gasteiger partial charge in [-0.2, -0.15) is 5.10 Å². The van der Waals surface area contributed by atoms with Gasteiger partial charge < -0.3 is 10.4 Å². The molecule has 112 valence electrons. The van der Waals surface area contributed by atoms with E-state index in [1.165, 1.54) is 5.57 Å². The van der Waals surface area contributed by atoms with Crippen LogP contribution >= 0.6 is 0 Å². The van der Waals surface area contributed by atoms with Crippen molar-refractivity contribution in [3.8, 4) is 0 Å². The predicted octanol–water partition coefficient (Wildman–Crippen LogP) is 1.47. The molecule has 2 N–H and O–H groups in total. The molecule has 1 saturated heterocycles. The Morgan fingerprint density at radius 2 is 2.38 bits per heavy atom. The van der Waals surface area contributed by atoms with Gasteiger partial charge in [-0.25, -0.2) is 0 Å². The van der Waals surface area contributed by atoms with E-state index in [-0.39, 0.29) is 12.1 Å². The molecule has 1 aromatic rings. The van der Waals surface area contributed by atoms with Gasteiger partial charge in [0.05, 0.1) is 12.6 Å². The predicted molar refractivity (Wildman–Crippen MR) is 83.6 cm³/mol. The lowest BCUT2D eigenvalue weighted by atomic mass is 9.94. The zero-order chi connectivity index (χ0) is 14.7. The average Bonchev–Trinajstić information content (AvgIpc) is 2.80. The van der Waals surface area contributed by atoms with Crippen molar-refractivity contribution in [2.24, 2.45) is 11.0 Å². The molecule has 0 aromatic carbocycles. The zero-order valence-electron chi connectivity index (χ0n) is 12.3. The molecule has 3 atom stereocenters. The van der Waals surface area contributed by atoms with E-state index in [9.17, 15) is 5.11 Å². The Kier molecular flexibility index (Phi) is 4.31. The minimum absolute atomic E-state index is 0.230. The van der Waals surface area contributed by atoms with E-state index in [1.807, 2.05) is 23.5 Å². The van der Waals surface area contributed by atoms with Crippen molar-refractivity contribution in [1.82, 2.24) is 15.3 Å². The van der Waals surface area contributed by atoms with Crippen LogP contribution in [0.1, 0.15) is 25.3 Å². The van der Waals surface area contributed by atoms with Gasteiger partial charge in [0, 0.05) is 37.4 Å². The molecule has 2 aliphatic rings. The molecule has 0 spiro atoms. The molecular weight excluding hydrogens is 264 g/mol. The maximum Gasteiger partial charge on any atom is 0.0680 e. The molecule has 3 unspecified atom stereocenters. The lowest BCUT2D eigenvalue weighted by Crippen LogP contribution is -2.32. The minimum atomic E-state index is -0.230. The number of hydrazone groups is 1. The van der Waals surface area contributed by atoms with Crippen molar-refractivity contribution >= 4 is 11.8 Å². The summed E-state index contributed by atoms with van der Waals surface area (Å²) in [5, 5.41) is 19.5. The normalized spacial score (nSPS) is 29.3. The smallest absolute Gasteiger partial charge is 0.0680 e. The second-order valence-corrected chi connectivity index (χ2v) is 5.88. The summed E-state index contributed by atoms with van der Waals surface area (Å²) in [5.41, 5.74) is 2.42. The number of pyridine rings is 1. The quantitative estimate of drug-likeness (QED) is 0.883. The standard InChI is InChI=1S/C16H22N4O/c1-12-4-6-19-20(10-14-7-15(21)9-18-14)11-16(12)13-3-2-5-17-8-13/h2-3,5-6,8,11-12,14-15,18,21H,4,7,9-10H2,1H3. The summed E-state index contributed by atoms with van der Waals surface area (Å²) in [5.74, 6) is 0.421. The van der Waals surface area contributed by atoms with Gasteiger partial charge in [-0.15, -0.1) is 0 Å². The number of aliphatic hydroxyl groups excluding tert-OH is 1. The summed E-state index contributed by atoms with van der Waals surface area (Å²) in [6.45, 7) is 3.67. The average molecular weight is 286 g/mol. The Bertz CT molecular complexity index is 528. The van der Waals surface area contributed by atoms with Crippen molar-refractivity contribution in [3.05, 3.63) is 36.3 Å². The molecule has 0 radical (unpaired) electrons. The van der Waals surface area contributed by atoms with E-state index in [1.54, 1.807) is 6.20 Å². The molecule has 1 aromatic heterocycles. The summed E-state index contributed by atoms with van der Waals surface area (Å²) in [4.78, 5) is 4.22. The van der Waals surface area contributed by atoms with E-state index in [4.69, 9.17) is 0 Å². The molecule has 5 heteroatoms. The second-order valence-electron chi connectivity index (χ2n) is 5.88. The molecule has 0 aliphatic carbocycles. The third kappa shape index (κ3) is 3.49. The second kappa shape index (κ2) is 6.37. The van der Waals surface area contributed by atoms with Gasteiger partial charge in [-0.3, -0.25) is 9.99 Å². The van der Waals surface area contributed by atoms with Gasteiger partial charge >= 0.3 is 0 Å². The number of nitrogens with one attached hydrogen (secondary N) is 1. The first-order valence-electron chi connectivity index (χ1n) is 7.55. The Balaban J connectivity index is 1.78. The summed E-state index contributed by atoms with van der Waals surface area (Å²) in [6, 6.07) is 4.35. The van der Waals surface area contributed by atoms with Crippen LogP contribution in [0.3, 0.4) is 0 Å². The lowest BCUT2D eigenvalue weighted by molar-refractivity contribution is 0.191. The molecule has 21 heavy (non-hydrogen) atoms. The number of aliphatic hydroxyl groups is 1. The highest BCUT2D eigenvalue weighted by molar-refractivity contribution is 5.71. The van der Waals surface area contributed by atoms with Crippen LogP contribution in [0.15, 0.2) is 35.8 Å². The Hall–Kier alpha value is -1.72. The van der Waals surface area contributed by atoms with Gasteiger partial charge in [-0.05, 0) is 36.0 Å². The first-order chi connectivity index (χ1) is 10.2. The Morgan fingerprint density at radius 3 is 3.10 bits per heavy atom. The summed E-state index contributed by atoms with van der Waals surface area (Å²) in [7, 11) is 0. The van der Waals surface area contributed by atoms with Crippen LogP contribution in [-0.4, -0.2) is 46.5 Å². The van der Waals surface area contributed by atoms with Gasteiger partial charge in [0.1, 0.15) is 0 Å². The molecule has 3 heterocycles. The topological polar surface area (TPSA) is 60.8 Å². The van der Waals surface area contributed by atoms with Crippen LogP contribution < -0.4 is 5.32 Å². The van der Waals surface area contributed by atoms with Crippen molar-refractivity contribution in [1.29, 1.82) is 0 Å². The fourth-order valence-corrected chi connectivity index (χ4v) is 2.91. The van der Waals surface area contributed by atoms with Crippen LogP contribution in [0, 0.1) is 5.92 Å².